The minimum absolute atomic E-state index is 0.513. The van der Waals surface area contributed by atoms with Crippen LogP contribution in [0, 0.1) is 0 Å². The summed E-state index contributed by atoms with van der Waals surface area (Å²) >= 11 is 0. The number of aliphatic hydroxyl groups is 1. The zero-order chi connectivity index (χ0) is 16.1. The van der Waals surface area contributed by atoms with E-state index in [0.717, 1.165) is 16.0 Å². The maximum atomic E-state index is 13.1. The first-order chi connectivity index (χ1) is 11.3. The maximum absolute atomic E-state index is 13.1. The van der Waals surface area contributed by atoms with E-state index in [1.54, 1.807) is 0 Å². The first kappa shape index (κ1) is 15.7. The molecule has 0 radical (unpaired) electrons. The molecule has 3 rings (SSSR count). The largest absolute Gasteiger partial charge is 0.387 e. The third-order valence-electron chi connectivity index (χ3n) is 3.76. The van der Waals surface area contributed by atoms with Crippen LogP contribution in [-0.2, 0) is 10.8 Å². The molecule has 116 valence electrons. The summed E-state index contributed by atoms with van der Waals surface area (Å²) in [6.07, 6.45) is -0.834. The van der Waals surface area contributed by atoms with Gasteiger partial charge in [-0.1, -0.05) is 78.9 Å². The van der Waals surface area contributed by atoms with Gasteiger partial charge >= 0.3 is 0 Å². The number of hydrogen-bond acceptors (Lipinski definition) is 2. The van der Waals surface area contributed by atoms with Crippen molar-refractivity contribution in [2.24, 2.45) is 0 Å². The molecule has 3 aromatic rings. The molecule has 0 aliphatic heterocycles. The van der Waals surface area contributed by atoms with Crippen LogP contribution < -0.4 is 0 Å². The van der Waals surface area contributed by atoms with E-state index >= 15 is 0 Å². The van der Waals surface area contributed by atoms with Crippen LogP contribution in [0.15, 0.2) is 95.9 Å². The van der Waals surface area contributed by atoms with Gasteiger partial charge in [0, 0.05) is 4.90 Å². The Kier molecular flexibility index (Phi) is 5.01. The fourth-order valence-electron chi connectivity index (χ4n) is 2.59. The predicted molar refractivity (Wildman–Crippen MR) is 93.4 cm³/mol. The normalized spacial score (nSPS) is 14.8. The van der Waals surface area contributed by atoms with Crippen molar-refractivity contribution in [1.82, 2.24) is 0 Å². The predicted octanol–water partition coefficient (Wildman–Crippen LogP) is 4.27. The summed E-state index contributed by atoms with van der Waals surface area (Å²) < 4.78 is 13.1. The molecule has 0 aliphatic carbocycles. The third kappa shape index (κ3) is 3.58. The molecular formula is C20H18O2S. The van der Waals surface area contributed by atoms with Gasteiger partial charge < -0.3 is 5.11 Å². The Labute approximate surface area is 138 Å². The molecule has 0 amide bonds. The molecule has 3 heteroatoms. The minimum atomic E-state index is -1.35. The molecule has 0 spiro atoms. The lowest BCUT2D eigenvalue weighted by molar-refractivity contribution is 0.173. The van der Waals surface area contributed by atoms with Gasteiger partial charge in [0.25, 0.3) is 0 Å². The molecule has 3 aromatic carbocycles. The summed E-state index contributed by atoms with van der Waals surface area (Å²) in [5.41, 5.74) is 1.64. The summed E-state index contributed by atoms with van der Waals surface area (Å²) in [6.45, 7) is 0. The number of hydrogen-bond donors (Lipinski definition) is 1. The smallest absolute Gasteiger partial charge is 0.0978 e. The van der Waals surface area contributed by atoms with Gasteiger partial charge in [-0.3, -0.25) is 4.21 Å². The molecule has 2 nitrogen and oxygen atoms in total. The first-order valence-corrected chi connectivity index (χ1v) is 8.72. The Morgan fingerprint density at radius 1 is 0.652 bits per heavy atom. The van der Waals surface area contributed by atoms with Crippen molar-refractivity contribution in [1.29, 1.82) is 0 Å². The Morgan fingerprint density at radius 3 is 1.61 bits per heavy atom. The van der Waals surface area contributed by atoms with E-state index in [0.29, 0.717) is 0 Å². The van der Waals surface area contributed by atoms with Crippen molar-refractivity contribution in [3.8, 4) is 0 Å². The standard InChI is InChI=1S/C20H18O2S/c21-19(16-10-4-1-5-11-16)20(17-12-6-2-7-13-17)23(22)18-14-8-3-9-15-18/h1-15,19-21H/t19-,20-,23-/m1/s1. The van der Waals surface area contributed by atoms with Crippen molar-refractivity contribution in [2.75, 3.05) is 0 Å². The lowest BCUT2D eigenvalue weighted by atomic mass is 10.0. The van der Waals surface area contributed by atoms with Crippen LogP contribution in [0.25, 0.3) is 0 Å². The third-order valence-corrected chi connectivity index (χ3v) is 5.49. The van der Waals surface area contributed by atoms with Crippen LogP contribution in [0.2, 0.25) is 0 Å². The van der Waals surface area contributed by atoms with E-state index in [1.165, 1.54) is 0 Å². The second kappa shape index (κ2) is 7.36. The van der Waals surface area contributed by atoms with Crippen molar-refractivity contribution >= 4 is 10.8 Å². The minimum Gasteiger partial charge on any atom is -0.387 e. The second-order valence-electron chi connectivity index (χ2n) is 5.30. The molecule has 0 aliphatic rings. The lowest BCUT2D eigenvalue weighted by Gasteiger charge is -2.23. The molecule has 0 fully saturated rings. The molecule has 23 heavy (non-hydrogen) atoms. The molecule has 0 heterocycles. The zero-order valence-electron chi connectivity index (χ0n) is 12.6. The van der Waals surface area contributed by atoms with Crippen molar-refractivity contribution in [3.63, 3.8) is 0 Å². The second-order valence-corrected chi connectivity index (χ2v) is 6.87. The summed E-state index contributed by atoms with van der Waals surface area (Å²) in [6, 6.07) is 28.3. The Morgan fingerprint density at radius 2 is 1.09 bits per heavy atom. The van der Waals surface area contributed by atoms with Gasteiger partial charge in [-0.15, -0.1) is 0 Å². The molecular weight excluding hydrogens is 304 g/mol. The Balaban J connectivity index is 2.03. The highest BCUT2D eigenvalue weighted by Crippen LogP contribution is 2.36. The SMILES string of the molecule is O=[S@](c1ccccc1)[C@H](c1ccccc1)[C@H](O)c1ccccc1. The molecule has 3 atom stereocenters. The van der Waals surface area contributed by atoms with E-state index in [1.807, 2.05) is 91.0 Å². The lowest BCUT2D eigenvalue weighted by Crippen LogP contribution is -2.16. The van der Waals surface area contributed by atoms with Crippen LogP contribution >= 0.6 is 0 Å². The monoisotopic (exact) mass is 322 g/mol. The van der Waals surface area contributed by atoms with Crippen LogP contribution in [-0.4, -0.2) is 9.32 Å². The Hall–Kier alpha value is -2.23. The van der Waals surface area contributed by atoms with Gasteiger partial charge in [0.05, 0.1) is 22.2 Å². The van der Waals surface area contributed by atoms with Crippen LogP contribution in [0.3, 0.4) is 0 Å². The molecule has 0 aromatic heterocycles. The fraction of sp³-hybridized carbons (Fsp3) is 0.100. The fourth-order valence-corrected chi connectivity index (χ4v) is 4.11. The molecule has 0 saturated carbocycles. The summed E-state index contributed by atoms with van der Waals surface area (Å²) in [5, 5.41) is 10.4. The van der Waals surface area contributed by atoms with Crippen molar-refractivity contribution in [3.05, 3.63) is 102 Å². The highest BCUT2D eigenvalue weighted by atomic mass is 32.2. The van der Waals surface area contributed by atoms with Gasteiger partial charge in [0.2, 0.25) is 0 Å². The maximum Gasteiger partial charge on any atom is 0.0978 e. The average Bonchev–Trinajstić information content (AvgIpc) is 2.64. The summed E-state index contributed by atoms with van der Waals surface area (Å²) in [5.74, 6) is 0. The van der Waals surface area contributed by atoms with E-state index < -0.39 is 22.2 Å². The van der Waals surface area contributed by atoms with Crippen LogP contribution in [0.5, 0.6) is 0 Å². The van der Waals surface area contributed by atoms with E-state index in [-0.39, 0.29) is 0 Å². The van der Waals surface area contributed by atoms with Gasteiger partial charge in [0.15, 0.2) is 0 Å². The van der Waals surface area contributed by atoms with Crippen LogP contribution in [0.4, 0.5) is 0 Å². The van der Waals surface area contributed by atoms with E-state index in [4.69, 9.17) is 0 Å². The molecule has 0 unspecified atom stereocenters. The Bertz CT molecular complexity index is 757. The van der Waals surface area contributed by atoms with E-state index in [2.05, 4.69) is 0 Å². The average molecular weight is 322 g/mol. The number of benzene rings is 3. The zero-order valence-corrected chi connectivity index (χ0v) is 13.4. The van der Waals surface area contributed by atoms with Gasteiger partial charge in [-0.2, -0.15) is 0 Å². The van der Waals surface area contributed by atoms with Gasteiger partial charge in [-0.05, 0) is 23.3 Å². The number of rotatable bonds is 5. The highest BCUT2D eigenvalue weighted by Gasteiger charge is 2.29. The molecule has 0 bridgehead atoms. The van der Waals surface area contributed by atoms with Gasteiger partial charge in [0.1, 0.15) is 0 Å². The molecule has 1 N–H and O–H groups in total. The highest BCUT2D eigenvalue weighted by molar-refractivity contribution is 7.85. The van der Waals surface area contributed by atoms with E-state index in [9.17, 15) is 9.32 Å². The summed E-state index contributed by atoms with van der Waals surface area (Å²) in [7, 11) is -1.35. The van der Waals surface area contributed by atoms with Crippen molar-refractivity contribution in [2.45, 2.75) is 16.2 Å². The van der Waals surface area contributed by atoms with Crippen LogP contribution in [0.1, 0.15) is 22.5 Å². The molecule has 0 saturated heterocycles. The quantitative estimate of drug-likeness (QED) is 0.762. The topological polar surface area (TPSA) is 37.3 Å². The van der Waals surface area contributed by atoms with Crippen molar-refractivity contribution < 1.29 is 9.32 Å². The summed E-state index contributed by atoms with van der Waals surface area (Å²) in [4.78, 5) is 0.719. The first-order valence-electron chi connectivity index (χ1n) is 7.51. The number of aliphatic hydroxyl groups excluding tert-OH is 1. The van der Waals surface area contributed by atoms with Gasteiger partial charge in [-0.25, -0.2) is 0 Å².